The Kier molecular flexibility index (Phi) is 8.12. The summed E-state index contributed by atoms with van der Waals surface area (Å²) in [7, 11) is 0. The highest BCUT2D eigenvalue weighted by Gasteiger charge is 2.28. The molecule has 0 unspecified atom stereocenters. The molecular weight excluding hydrogens is 446 g/mol. The van der Waals surface area contributed by atoms with Crippen molar-refractivity contribution < 1.29 is 24.0 Å². The number of nitro benzene ring substituents is 1. The molecule has 9 nitrogen and oxygen atoms in total. The van der Waals surface area contributed by atoms with Crippen LogP contribution < -0.4 is 5.32 Å². The molecule has 2 amide bonds. The lowest BCUT2D eigenvalue weighted by molar-refractivity contribution is -0.384. The van der Waals surface area contributed by atoms with Crippen LogP contribution in [0.15, 0.2) is 18.2 Å². The van der Waals surface area contributed by atoms with Crippen LogP contribution in [-0.4, -0.2) is 47.3 Å². The average Bonchev–Trinajstić information content (AvgIpc) is 3.04. The predicted octanol–water partition coefficient (Wildman–Crippen LogP) is 4.53. The molecule has 1 heterocycles. The van der Waals surface area contributed by atoms with E-state index in [0.717, 1.165) is 17.4 Å². The summed E-state index contributed by atoms with van der Waals surface area (Å²) in [6.07, 6.45) is 0. The van der Waals surface area contributed by atoms with E-state index in [4.69, 9.17) is 16.3 Å². The molecule has 0 bridgehead atoms. The predicted molar refractivity (Wildman–Crippen MR) is 118 cm³/mol. The number of thiophene rings is 1. The molecule has 2 aromatic rings. The van der Waals surface area contributed by atoms with E-state index in [1.165, 1.54) is 12.1 Å². The Balaban J connectivity index is 2.49. The molecule has 0 aliphatic rings. The van der Waals surface area contributed by atoms with Gasteiger partial charge in [0.15, 0.2) is 0 Å². The second kappa shape index (κ2) is 10.4. The third-order valence-electron chi connectivity index (χ3n) is 4.50. The van der Waals surface area contributed by atoms with Gasteiger partial charge in [0, 0.05) is 24.7 Å². The zero-order chi connectivity index (χ0) is 23.3. The van der Waals surface area contributed by atoms with Crippen LogP contribution in [0.25, 0.3) is 0 Å². The normalized spacial score (nSPS) is 10.5. The third kappa shape index (κ3) is 5.20. The summed E-state index contributed by atoms with van der Waals surface area (Å²) in [5.74, 6) is -1.62. The molecule has 0 saturated carbocycles. The van der Waals surface area contributed by atoms with E-state index >= 15 is 0 Å². The first-order valence-electron chi connectivity index (χ1n) is 9.51. The van der Waals surface area contributed by atoms with Crippen molar-refractivity contribution in [3.8, 4) is 0 Å². The minimum atomic E-state index is -0.695. The van der Waals surface area contributed by atoms with Gasteiger partial charge in [-0.2, -0.15) is 0 Å². The van der Waals surface area contributed by atoms with E-state index < -0.39 is 22.5 Å². The van der Waals surface area contributed by atoms with Crippen molar-refractivity contribution in [2.24, 2.45) is 0 Å². The molecule has 0 fully saturated rings. The van der Waals surface area contributed by atoms with Crippen molar-refractivity contribution in [1.82, 2.24) is 4.90 Å². The number of amides is 2. The maximum atomic E-state index is 12.9. The zero-order valence-electron chi connectivity index (χ0n) is 17.5. The number of ether oxygens (including phenoxy) is 1. The topological polar surface area (TPSA) is 119 Å². The highest BCUT2D eigenvalue weighted by molar-refractivity contribution is 7.18. The van der Waals surface area contributed by atoms with E-state index in [0.29, 0.717) is 23.5 Å². The van der Waals surface area contributed by atoms with Gasteiger partial charge in [-0.05, 0) is 45.4 Å². The molecule has 11 heteroatoms. The Morgan fingerprint density at radius 2 is 1.87 bits per heavy atom. The molecule has 2 rings (SSSR count). The molecular formula is C20H22ClN3O6S. The van der Waals surface area contributed by atoms with E-state index in [1.807, 2.05) is 13.8 Å². The van der Waals surface area contributed by atoms with Crippen LogP contribution in [0.3, 0.4) is 0 Å². The van der Waals surface area contributed by atoms with Gasteiger partial charge in [-0.25, -0.2) is 4.79 Å². The number of nitrogens with one attached hydrogen (secondary N) is 1. The number of esters is 1. The number of nitro groups is 1. The molecule has 0 aliphatic carbocycles. The number of benzene rings is 1. The zero-order valence-corrected chi connectivity index (χ0v) is 19.1. The molecule has 0 spiro atoms. The second-order valence-corrected chi connectivity index (χ2v) is 7.76. The van der Waals surface area contributed by atoms with E-state index in [-0.39, 0.29) is 33.7 Å². The van der Waals surface area contributed by atoms with Crippen LogP contribution in [0.5, 0.6) is 0 Å². The Morgan fingerprint density at radius 3 is 2.42 bits per heavy atom. The fourth-order valence-electron chi connectivity index (χ4n) is 2.88. The molecule has 1 N–H and O–H groups in total. The molecule has 0 saturated heterocycles. The summed E-state index contributed by atoms with van der Waals surface area (Å²) in [6, 6.07) is 3.62. The highest BCUT2D eigenvalue weighted by atomic mass is 35.5. The molecule has 0 aliphatic heterocycles. The second-order valence-electron chi connectivity index (χ2n) is 6.34. The largest absolute Gasteiger partial charge is 0.462 e. The van der Waals surface area contributed by atoms with E-state index in [9.17, 15) is 24.5 Å². The van der Waals surface area contributed by atoms with Crippen LogP contribution in [0.2, 0.25) is 5.02 Å². The number of hydrogen-bond acceptors (Lipinski definition) is 7. The minimum absolute atomic E-state index is 0.0198. The van der Waals surface area contributed by atoms with Crippen molar-refractivity contribution >= 4 is 51.4 Å². The summed E-state index contributed by atoms with van der Waals surface area (Å²) in [6.45, 7) is 8.02. The van der Waals surface area contributed by atoms with Crippen molar-refractivity contribution in [3.05, 3.63) is 54.9 Å². The van der Waals surface area contributed by atoms with E-state index in [2.05, 4.69) is 5.32 Å². The van der Waals surface area contributed by atoms with Gasteiger partial charge < -0.3 is 15.0 Å². The Hall–Kier alpha value is -2.98. The summed E-state index contributed by atoms with van der Waals surface area (Å²) >= 11 is 6.76. The summed E-state index contributed by atoms with van der Waals surface area (Å²) < 4.78 is 5.09. The molecule has 31 heavy (non-hydrogen) atoms. The Bertz CT molecular complexity index is 1030. The SMILES string of the molecule is CCOC(=O)c1c(NC(=O)c2ccc(Cl)c([N+](=O)[O-])c2)sc(C(=O)N(CC)CC)c1C. The summed E-state index contributed by atoms with van der Waals surface area (Å²) in [4.78, 5) is 50.5. The van der Waals surface area contributed by atoms with Crippen LogP contribution in [0.4, 0.5) is 10.7 Å². The standard InChI is InChI=1S/C20H22ClN3O6S/c1-5-23(6-2)19(26)16-11(4)15(20(27)30-7-3)18(31-16)22-17(25)12-8-9-13(21)14(10-12)24(28)29/h8-10H,5-7H2,1-4H3,(H,22,25). The molecule has 1 aromatic carbocycles. The maximum Gasteiger partial charge on any atom is 0.341 e. The lowest BCUT2D eigenvalue weighted by Gasteiger charge is -2.18. The van der Waals surface area contributed by atoms with Crippen molar-refractivity contribution in [2.75, 3.05) is 25.0 Å². The number of nitrogens with zero attached hydrogens (tertiary/aromatic N) is 2. The lowest BCUT2D eigenvalue weighted by atomic mass is 10.1. The molecule has 0 atom stereocenters. The number of rotatable bonds is 8. The number of halogens is 1. The van der Waals surface area contributed by atoms with Gasteiger partial charge in [-0.1, -0.05) is 11.6 Å². The van der Waals surface area contributed by atoms with Gasteiger partial charge in [-0.3, -0.25) is 19.7 Å². The first-order valence-corrected chi connectivity index (χ1v) is 10.7. The van der Waals surface area contributed by atoms with Crippen LogP contribution in [-0.2, 0) is 4.74 Å². The highest BCUT2D eigenvalue weighted by Crippen LogP contribution is 2.35. The quantitative estimate of drug-likeness (QED) is 0.346. The smallest absolute Gasteiger partial charge is 0.341 e. The van der Waals surface area contributed by atoms with Crippen LogP contribution >= 0.6 is 22.9 Å². The van der Waals surface area contributed by atoms with Gasteiger partial charge in [-0.15, -0.1) is 11.3 Å². The average molecular weight is 468 g/mol. The first-order chi connectivity index (χ1) is 14.7. The van der Waals surface area contributed by atoms with E-state index in [1.54, 1.807) is 18.7 Å². The molecule has 166 valence electrons. The van der Waals surface area contributed by atoms with Crippen molar-refractivity contribution in [3.63, 3.8) is 0 Å². The van der Waals surface area contributed by atoms with Gasteiger partial charge >= 0.3 is 5.97 Å². The number of anilines is 1. The maximum absolute atomic E-state index is 12.9. The monoisotopic (exact) mass is 467 g/mol. The number of carbonyl (C=O) groups is 3. The van der Waals surface area contributed by atoms with Gasteiger partial charge in [0.2, 0.25) is 0 Å². The fourth-order valence-corrected chi connectivity index (χ4v) is 4.22. The first kappa shape index (κ1) is 24.3. The van der Waals surface area contributed by atoms with Crippen LogP contribution in [0, 0.1) is 17.0 Å². The summed E-state index contributed by atoms with van der Waals surface area (Å²) in [5.41, 5.74) is 0.0465. The van der Waals surface area contributed by atoms with Crippen molar-refractivity contribution in [1.29, 1.82) is 0 Å². The molecule has 1 aromatic heterocycles. The van der Waals surface area contributed by atoms with Crippen LogP contribution in [0.1, 0.15) is 56.7 Å². The summed E-state index contributed by atoms with van der Waals surface area (Å²) in [5, 5.41) is 13.7. The van der Waals surface area contributed by atoms with Crippen molar-refractivity contribution in [2.45, 2.75) is 27.7 Å². The Labute approximate surface area is 188 Å². The third-order valence-corrected chi connectivity index (χ3v) is 6.02. The lowest BCUT2D eigenvalue weighted by Crippen LogP contribution is -2.30. The fraction of sp³-hybridized carbons (Fsp3) is 0.350. The number of hydrogen-bond donors (Lipinski definition) is 1. The molecule has 0 radical (unpaired) electrons. The van der Waals surface area contributed by atoms with Gasteiger partial charge in [0.1, 0.15) is 10.0 Å². The van der Waals surface area contributed by atoms with Gasteiger partial charge in [0.05, 0.1) is 22.0 Å². The van der Waals surface area contributed by atoms with Gasteiger partial charge in [0.25, 0.3) is 17.5 Å². The number of carbonyl (C=O) groups excluding carboxylic acids is 3. The Morgan fingerprint density at radius 1 is 1.23 bits per heavy atom. The minimum Gasteiger partial charge on any atom is -0.462 e.